The van der Waals surface area contributed by atoms with Gasteiger partial charge in [0.25, 0.3) is 0 Å². The van der Waals surface area contributed by atoms with E-state index < -0.39 is 12.1 Å². The standard InChI is InChI=1S/C23H28N2O4/c1-3-29-23(27)25-19(16-9-5-4-6-10-16)15-22(26)24-20-13-17-11-7-8-12-18(17)14-21(20)28-2/h4-6,9-10,13-14,19H,3,7-8,11-12,15H2,1-2H3,(H,24,26)(H,25,27)/t19-/m1/s1. The zero-order valence-electron chi connectivity index (χ0n) is 17.0. The first kappa shape index (κ1) is 20.7. The van der Waals surface area contributed by atoms with Gasteiger partial charge in [0.1, 0.15) is 5.75 Å². The predicted molar refractivity (Wildman–Crippen MR) is 112 cm³/mol. The molecule has 0 bridgehead atoms. The molecule has 2 aromatic carbocycles. The summed E-state index contributed by atoms with van der Waals surface area (Å²) in [6.45, 7) is 2.01. The summed E-state index contributed by atoms with van der Waals surface area (Å²) in [6, 6.07) is 12.9. The first-order chi connectivity index (χ1) is 14.1. The van der Waals surface area contributed by atoms with Crippen LogP contribution in [0.5, 0.6) is 5.75 Å². The van der Waals surface area contributed by atoms with Crippen molar-refractivity contribution in [3.63, 3.8) is 0 Å². The van der Waals surface area contributed by atoms with Crippen LogP contribution in [0.15, 0.2) is 42.5 Å². The second kappa shape index (κ2) is 9.96. The van der Waals surface area contributed by atoms with Crippen molar-refractivity contribution in [1.29, 1.82) is 0 Å². The first-order valence-corrected chi connectivity index (χ1v) is 10.1. The number of methoxy groups -OCH3 is 1. The molecule has 2 amide bonds. The number of hydrogen-bond acceptors (Lipinski definition) is 4. The molecule has 2 aromatic rings. The molecule has 0 aliphatic heterocycles. The summed E-state index contributed by atoms with van der Waals surface area (Å²) in [5, 5.41) is 5.74. The van der Waals surface area contributed by atoms with Crippen molar-refractivity contribution in [1.82, 2.24) is 5.32 Å². The van der Waals surface area contributed by atoms with Gasteiger partial charge in [-0.3, -0.25) is 4.79 Å². The van der Waals surface area contributed by atoms with Crippen molar-refractivity contribution in [3.05, 3.63) is 59.2 Å². The third-order valence-electron chi connectivity index (χ3n) is 5.10. The van der Waals surface area contributed by atoms with E-state index in [0.717, 1.165) is 24.8 Å². The van der Waals surface area contributed by atoms with Crippen LogP contribution in [0.4, 0.5) is 10.5 Å². The number of aryl methyl sites for hydroxylation is 2. The number of amides is 2. The number of alkyl carbamates (subject to hydrolysis) is 1. The van der Waals surface area contributed by atoms with Gasteiger partial charge in [0.05, 0.1) is 31.9 Å². The SMILES string of the molecule is CCOC(=O)N[C@H](CC(=O)Nc1cc2c(cc1OC)CCCC2)c1ccccc1. The number of carbonyl (C=O) groups excluding carboxylic acids is 2. The number of hydrogen-bond donors (Lipinski definition) is 2. The Morgan fingerprint density at radius 3 is 2.41 bits per heavy atom. The van der Waals surface area contributed by atoms with Gasteiger partial charge in [-0.2, -0.15) is 0 Å². The molecule has 3 rings (SSSR count). The van der Waals surface area contributed by atoms with Crippen LogP contribution < -0.4 is 15.4 Å². The highest BCUT2D eigenvalue weighted by atomic mass is 16.5. The lowest BCUT2D eigenvalue weighted by molar-refractivity contribution is -0.116. The average molecular weight is 396 g/mol. The van der Waals surface area contributed by atoms with Crippen molar-refractivity contribution in [2.24, 2.45) is 0 Å². The molecular weight excluding hydrogens is 368 g/mol. The van der Waals surface area contributed by atoms with Crippen LogP contribution in [-0.4, -0.2) is 25.7 Å². The third kappa shape index (κ3) is 5.50. The van der Waals surface area contributed by atoms with E-state index in [0.29, 0.717) is 11.4 Å². The number of fused-ring (bicyclic) bond motifs is 1. The molecule has 154 valence electrons. The van der Waals surface area contributed by atoms with E-state index in [1.165, 1.54) is 17.5 Å². The highest BCUT2D eigenvalue weighted by Crippen LogP contribution is 2.33. The molecule has 6 heteroatoms. The molecule has 1 aliphatic carbocycles. The Balaban J connectivity index is 1.75. The van der Waals surface area contributed by atoms with Gasteiger partial charge in [0.2, 0.25) is 5.91 Å². The van der Waals surface area contributed by atoms with E-state index in [4.69, 9.17) is 9.47 Å². The van der Waals surface area contributed by atoms with Crippen LogP contribution in [0, 0.1) is 0 Å². The number of ether oxygens (including phenoxy) is 2. The van der Waals surface area contributed by atoms with Crippen LogP contribution >= 0.6 is 0 Å². The average Bonchev–Trinajstić information content (AvgIpc) is 2.73. The molecule has 0 heterocycles. The summed E-state index contributed by atoms with van der Waals surface area (Å²) in [5.41, 5.74) is 4.06. The maximum Gasteiger partial charge on any atom is 0.407 e. The normalized spacial score (nSPS) is 13.7. The van der Waals surface area contributed by atoms with Gasteiger partial charge in [-0.1, -0.05) is 30.3 Å². The van der Waals surface area contributed by atoms with Gasteiger partial charge in [-0.05, 0) is 61.4 Å². The summed E-state index contributed by atoms with van der Waals surface area (Å²) < 4.78 is 10.5. The van der Waals surface area contributed by atoms with Crippen molar-refractivity contribution in [2.45, 2.75) is 45.1 Å². The minimum atomic E-state index is -0.541. The summed E-state index contributed by atoms with van der Waals surface area (Å²) in [4.78, 5) is 24.8. The molecule has 0 unspecified atom stereocenters. The summed E-state index contributed by atoms with van der Waals surface area (Å²) >= 11 is 0. The van der Waals surface area contributed by atoms with E-state index in [2.05, 4.69) is 10.6 Å². The molecule has 0 spiro atoms. The summed E-state index contributed by atoms with van der Waals surface area (Å²) in [7, 11) is 1.61. The molecule has 1 aliphatic rings. The molecular formula is C23H28N2O4. The Kier molecular flexibility index (Phi) is 7.11. The molecule has 0 saturated heterocycles. The van der Waals surface area contributed by atoms with Crippen LogP contribution in [0.25, 0.3) is 0 Å². The molecule has 29 heavy (non-hydrogen) atoms. The van der Waals surface area contributed by atoms with Gasteiger partial charge in [-0.25, -0.2) is 4.79 Å². The van der Waals surface area contributed by atoms with Gasteiger partial charge < -0.3 is 20.1 Å². The largest absolute Gasteiger partial charge is 0.495 e. The number of anilines is 1. The first-order valence-electron chi connectivity index (χ1n) is 10.1. The predicted octanol–water partition coefficient (Wildman–Crippen LogP) is 4.39. The second-order valence-electron chi connectivity index (χ2n) is 7.11. The lowest BCUT2D eigenvalue weighted by Crippen LogP contribution is -2.32. The number of carbonyl (C=O) groups is 2. The van der Waals surface area contributed by atoms with Gasteiger partial charge in [0.15, 0.2) is 0 Å². The van der Waals surface area contributed by atoms with E-state index in [1.54, 1.807) is 14.0 Å². The number of benzene rings is 2. The topological polar surface area (TPSA) is 76.7 Å². The Morgan fingerprint density at radius 1 is 1.07 bits per heavy atom. The Bertz CT molecular complexity index is 851. The fourth-order valence-electron chi connectivity index (χ4n) is 3.67. The minimum Gasteiger partial charge on any atom is -0.495 e. The second-order valence-corrected chi connectivity index (χ2v) is 7.11. The summed E-state index contributed by atoms with van der Waals surface area (Å²) in [5.74, 6) is 0.457. The van der Waals surface area contributed by atoms with Gasteiger partial charge in [0, 0.05) is 0 Å². The smallest absolute Gasteiger partial charge is 0.407 e. The minimum absolute atomic E-state index is 0.0864. The molecule has 2 N–H and O–H groups in total. The quantitative estimate of drug-likeness (QED) is 0.728. The van der Waals surface area contributed by atoms with Crippen molar-refractivity contribution in [2.75, 3.05) is 19.0 Å². The van der Waals surface area contributed by atoms with Crippen LogP contribution in [0.2, 0.25) is 0 Å². The third-order valence-corrected chi connectivity index (χ3v) is 5.10. The zero-order chi connectivity index (χ0) is 20.6. The lowest BCUT2D eigenvalue weighted by Gasteiger charge is -2.21. The molecule has 6 nitrogen and oxygen atoms in total. The van der Waals surface area contributed by atoms with E-state index >= 15 is 0 Å². The maximum absolute atomic E-state index is 12.8. The lowest BCUT2D eigenvalue weighted by atomic mass is 9.91. The summed E-state index contributed by atoms with van der Waals surface area (Å²) in [6.07, 6.45) is 3.94. The Hall–Kier alpha value is -3.02. The highest BCUT2D eigenvalue weighted by Gasteiger charge is 2.21. The van der Waals surface area contributed by atoms with Gasteiger partial charge >= 0.3 is 6.09 Å². The van der Waals surface area contributed by atoms with E-state index in [9.17, 15) is 9.59 Å². The number of nitrogens with one attached hydrogen (secondary N) is 2. The van der Waals surface area contributed by atoms with Crippen molar-refractivity contribution in [3.8, 4) is 5.75 Å². The van der Waals surface area contributed by atoms with Crippen LogP contribution in [-0.2, 0) is 22.4 Å². The molecule has 0 fully saturated rings. The molecule has 0 aromatic heterocycles. The fraction of sp³-hybridized carbons (Fsp3) is 0.391. The molecule has 0 radical (unpaired) electrons. The van der Waals surface area contributed by atoms with Crippen LogP contribution in [0.1, 0.15) is 48.9 Å². The van der Waals surface area contributed by atoms with Crippen molar-refractivity contribution >= 4 is 17.7 Å². The maximum atomic E-state index is 12.8. The van der Waals surface area contributed by atoms with Gasteiger partial charge in [-0.15, -0.1) is 0 Å². The zero-order valence-corrected chi connectivity index (χ0v) is 17.0. The van der Waals surface area contributed by atoms with E-state index in [1.807, 2.05) is 42.5 Å². The molecule has 1 atom stereocenters. The number of rotatable bonds is 7. The van der Waals surface area contributed by atoms with E-state index in [-0.39, 0.29) is 18.9 Å². The molecule has 0 saturated carbocycles. The monoisotopic (exact) mass is 396 g/mol. The van der Waals surface area contributed by atoms with Crippen molar-refractivity contribution < 1.29 is 19.1 Å². The fourth-order valence-corrected chi connectivity index (χ4v) is 3.67. The van der Waals surface area contributed by atoms with Crippen LogP contribution in [0.3, 0.4) is 0 Å². The Morgan fingerprint density at radius 2 is 1.76 bits per heavy atom. The highest BCUT2D eigenvalue weighted by molar-refractivity contribution is 5.93. The Labute approximate surface area is 171 Å².